The molecule has 0 aromatic rings. The molecule has 0 aliphatic heterocycles. The van der Waals surface area contributed by atoms with Crippen molar-refractivity contribution in [2.45, 2.75) is 6.92 Å². The van der Waals surface area contributed by atoms with E-state index in [2.05, 4.69) is 0 Å². The van der Waals surface area contributed by atoms with Crippen LogP contribution in [-0.2, 0) is 0 Å². The lowest BCUT2D eigenvalue weighted by molar-refractivity contribution is 0.109. The molecule has 2 atom stereocenters. The summed E-state index contributed by atoms with van der Waals surface area (Å²) in [5, 5.41) is 17.8. The zero-order valence-corrected chi connectivity index (χ0v) is 7.62. The van der Waals surface area contributed by atoms with Crippen LogP contribution in [0, 0.1) is 11.8 Å². The highest BCUT2D eigenvalue weighted by Crippen LogP contribution is 2.10. The summed E-state index contributed by atoms with van der Waals surface area (Å²) in [5.41, 5.74) is 0. The van der Waals surface area contributed by atoms with E-state index in [1.54, 1.807) is 0 Å². The topological polar surface area (TPSA) is 43.7 Å². The van der Waals surface area contributed by atoms with Crippen LogP contribution in [-0.4, -0.2) is 49.0 Å². The van der Waals surface area contributed by atoms with Crippen molar-refractivity contribution < 1.29 is 10.2 Å². The Bertz CT molecular complexity index is 96.1. The molecule has 68 valence electrons. The molecule has 0 saturated carbocycles. The Balaban J connectivity index is 3.74. The summed E-state index contributed by atoms with van der Waals surface area (Å²) >= 11 is 0. The lowest BCUT2D eigenvalue weighted by Gasteiger charge is -2.23. The molecule has 0 aliphatic carbocycles. The van der Waals surface area contributed by atoms with Gasteiger partial charge in [0.1, 0.15) is 0 Å². The Morgan fingerprint density at radius 1 is 1.18 bits per heavy atom. The quantitative estimate of drug-likeness (QED) is 0.586. The molecule has 0 amide bonds. The maximum Gasteiger partial charge on any atom is 0.0474 e. The van der Waals surface area contributed by atoms with Gasteiger partial charge in [0.05, 0.1) is 0 Å². The van der Waals surface area contributed by atoms with E-state index in [-0.39, 0.29) is 25.0 Å². The summed E-state index contributed by atoms with van der Waals surface area (Å²) in [7, 11) is 3.93. The van der Waals surface area contributed by atoms with Crippen molar-refractivity contribution in [2.75, 3.05) is 33.9 Å². The van der Waals surface area contributed by atoms with E-state index in [1.165, 1.54) is 0 Å². The zero-order valence-electron chi connectivity index (χ0n) is 7.62. The molecule has 0 bridgehead atoms. The van der Waals surface area contributed by atoms with Crippen molar-refractivity contribution in [3.8, 4) is 0 Å². The molecule has 0 aromatic carbocycles. The van der Waals surface area contributed by atoms with Gasteiger partial charge in [0, 0.05) is 19.8 Å². The first-order valence-electron chi connectivity index (χ1n) is 3.98. The van der Waals surface area contributed by atoms with Crippen LogP contribution in [0.3, 0.4) is 0 Å². The molecule has 3 heteroatoms. The number of hydrogen-bond donors (Lipinski definition) is 2. The van der Waals surface area contributed by atoms with E-state index < -0.39 is 0 Å². The number of aliphatic hydroxyl groups excluding tert-OH is 2. The molecular formula is C8H19NO2. The largest absolute Gasteiger partial charge is 0.396 e. The number of nitrogens with zero attached hydrogens (tertiary/aromatic N) is 1. The Kier molecular flexibility index (Phi) is 5.46. The zero-order chi connectivity index (χ0) is 8.85. The van der Waals surface area contributed by atoms with Gasteiger partial charge in [0.2, 0.25) is 0 Å². The first-order valence-corrected chi connectivity index (χ1v) is 3.98. The minimum Gasteiger partial charge on any atom is -0.396 e. The number of hydrogen-bond acceptors (Lipinski definition) is 3. The SMILES string of the molecule is CC(CO)C(CO)CN(C)C. The lowest BCUT2D eigenvalue weighted by atomic mass is 9.95. The second kappa shape index (κ2) is 5.52. The van der Waals surface area contributed by atoms with E-state index >= 15 is 0 Å². The van der Waals surface area contributed by atoms with Gasteiger partial charge in [-0.25, -0.2) is 0 Å². The fourth-order valence-corrected chi connectivity index (χ4v) is 1.04. The van der Waals surface area contributed by atoms with Crippen LogP contribution >= 0.6 is 0 Å². The smallest absolute Gasteiger partial charge is 0.0474 e. The number of rotatable bonds is 5. The lowest BCUT2D eigenvalue weighted by Crippen LogP contribution is -2.30. The van der Waals surface area contributed by atoms with Gasteiger partial charge in [-0.3, -0.25) is 0 Å². The van der Waals surface area contributed by atoms with Crippen molar-refractivity contribution in [1.29, 1.82) is 0 Å². The molecule has 0 rings (SSSR count). The highest BCUT2D eigenvalue weighted by atomic mass is 16.3. The summed E-state index contributed by atoms with van der Waals surface area (Å²) in [6.45, 7) is 3.08. The van der Waals surface area contributed by atoms with Gasteiger partial charge in [0.15, 0.2) is 0 Å². The van der Waals surface area contributed by atoms with Gasteiger partial charge in [-0.1, -0.05) is 6.92 Å². The van der Waals surface area contributed by atoms with Gasteiger partial charge >= 0.3 is 0 Å². The molecule has 3 nitrogen and oxygen atoms in total. The maximum atomic E-state index is 8.94. The normalized spacial score (nSPS) is 16.9. The molecule has 0 radical (unpaired) electrons. The minimum atomic E-state index is 0.152. The Hall–Kier alpha value is -0.120. The van der Waals surface area contributed by atoms with Gasteiger partial charge < -0.3 is 15.1 Å². The summed E-state index contributed by atoms with van der Waals surface area (Å²) in [5.74, 6) is 0.373. The van der Waals surface area contributed by atoms with Crippen LogP contribution in [0.15, 0.2) is 0 Å². The third kappa shape index (κ3) is 4.35. The summed E-state index contributed by atoms with van der Waals surface area (Å²) in [4.78, 5) is 2.02. The van der Waals surface area contributed by atoms with Crippen LogP contribution < -0.4 is 0 Å². The van der Waals surface area contributed by atoms with Crippen LogP contribution in [0.2, 0.25) is 0 Å². The molecule has 2 unspecified atom stereocenters. The summed E-state index contributed by atoms with van der Waals surface area (Å²) in [6.07, 6.45) is 0. The molecule has 0 spiro atoms. The Labute approximate surface area is 68.6 Å². The van der Waals surface area contributed by atoms with Crippen molar-refractivity contribution in [3.63, 3.8) is 0 Å². The predicted octanol–water partition coefficient (Wildman–Crippen LogP) is -0.215. The van der Waals surface area contributed by atoms with E-state index in [9.17, 15) is 0 Å². The highest BCUT2D eigenvalue weighted by Gasteiger charge is 2.15. The van der Waals surface area contributed by atoms with Crippen LogP contribution in [0.5, 0.6) is 0 Å². The molecule has 0 aromatic heterocycles. The van der Waals surface area contributed by atoms with Crippen molar-refractivity contribution in [3.05, 3.63) is 0 Å². The van der Waals surface area contributed by atoms with E-state index in [1.807, 2.05) is 25.9 Å². The first-order chi connectivity index (χ1) is 5.11. The first kappa shape index (κ1) is 10.9. The fourth-order valence-electron chi connectivity index (χ4n) is 1.04. The summed E-state index contributed by atoms with van der Waals surface area (Å²) in [6, 6.07) is 0. The fraction of sp³-hybridized carbons (Fsp3) is 1.00. The number of aliphatic hydroxyl groups is 2. The third-order valence-corrected chi connectivity index (χ3v) is 1.93. The van der Waals surface area contributed by atoms with Crippen molar-refractivity contribution >= 4 is 0 Å². The molecule has 0 saturated heterocycles. The third-order valence-electron chi connectivity index (χ3n) is 1.93. The van der Waals surface area contributed by atoms with Crippen LogP contribution in [0.4, 0.5) is 0 Å². The van der Waals surface area contributed by atoms with Crippen molar-refractivity contribution in [1.82, 2.24) is 4.90 Å². The van der Waals surface area contributed by atoms with Crippen LogP contribution in [0.25, 0.3) is 0 Å². The van der Waals surface area contributed by atoms with Gasteiger partial charge in [0.25, 0.3) is 0 Å². The second-order valence-corrected chi connectivity index (χ2v) is 3.36. The highest BCUT2D eigenvalue weighted by molar-refractivity contribution is 4.66. The van der Waals surface area contributed by atoms with E-state index in [0.717, 1.165) is 6.54 Å². The Morgan fingerprint density at radius 2 is 1.73 bits per heavy atom. The minimum absolute atomic E-state index is 0.152. The Morgan fingerprint density at radius 3 is 2.00 bits per heavy atom. The van der Waals surface area contributed by atoms with Crippen LogP contribution in [0.1, 0.15) is 6.92 Å². The van der Waals surface area contributed by atoms with Crippen molar-refractivity contribution in [2.24, 2.45) is 11.8 Å². The van der Waals surface area contributed by atoms with Gasteiger partial charge in [-0.2, -0.15) is 0 Å². The molecule has 11 heavy (non-hydrogen) atoms. The molecule has 0 aliphatic rings. The second-order valence-electron chi connectivity index (χ2n) is 3.36. The van der Waals surface area contributed by atoms with Gasteiger partial charge in [-0.15, -0.1) is 0 Å². The predicted molar refractivity (Wildman–Crippen MR) is 45.4 cm³/mol. The van der Waals surface area contributed by atoms with Gasteiger partial charge in [-0.05, 0) is 25.9 Å². The molecule has 0 fully saturated rings. The monoisotopic (exact) mass is 161 g/mol. The maximum absolute atomic E-state index is 8.94. The van der Waals surface area contributed by atoms with E-state index in [4.69, 9.17) is 10.2 Å². The average molecular weight is 161 g/mol. The standard InChI is InChI=1S/C8H19NO2/c1-7(5-10)8(6-11)4-9(2)3/h7-8,10-11H,4-6H2,1-3H3. The van der Waals surface area contributed by atoms with E-state index in [0.29, 0.717) is 0 Å². The molecule has 0 heterocycles. The summed E-state index contributed by atoms with van der Waals surface area (Å²) < 4.78 is 0. The molecular weight excluding hydrogens is 142 g/mol. The molecule has 2 N–H and O–H groups in total. The average Bonchev–Trinajstić information content (AvgIpc) is 1.98.